The van der Waals surface area contributed by atoms with E-state index < -0.39 is 0 Å². The molecule has 1 amide bonds. The van der Waals surface area contributed by atoms with Crippen LogP contribution < -0.4 is 19.5 Å². The first-order chi connectivity index (χ1) is 15.0. The molecule has 8 nitrogen and oxygen atoms in total. The third kappa shape index (κ3) is 4.04. The van der Waals surface area contributed by atoms with Crippen molar-refractivity contribution in [3.8, 4) is 22.4 Å². The lowest BCUT2D eigenvalue weighted by molar-refractivity contribution is 0.102. The molecule has 0 spiro atoms. The van der Waals surface area contributed by atoms with Crippen molar-refractivity contribution in [1.82, 2.24) is 14.8 Å². The van der Waals surface area contributed by atoms with Gasteiger partial charge in [0.1, 0.15) is 17.1 Å². The smallest absolute Gasteiger partial charge is 0.256 e. The van der Waals surface area contributed by atoms with Gasteiger partial charge in [0.15, 0.2) is 11.5 Å². The van der Waals surface area contributed by atoms with Gasteiger partial charge in [-0.15, -0.1) is 0 Å². The van der Waals surface area contributed by atoms with E-state index in [1.807, 2.05) is 32.0 Å². The largest absolute Gasteiger partial charge is 0.493 e. The monoisotopic (exact) mass is 438 g/mol. The van der Waals surface area contributed by atoms with Gasteiger partial charge in [-0.1, -0.05) is 17.4 Å². The van der Waals surface area contributed by atoms with Crippen molar-refractivity contribution < 1.29 is 19.0 Å². The molecule has 0 aliphatic rings. The number of aryl methyl sites for hydroxylation is 1. The Morgan fingerprint density at radius 1 is 1.10 bits per heavy atom. The number of fused-ring (bicyclic) bond motifs is 1. The number of benzene rings is 2. The minimum Gasteiger partial charge on any atom is -0.493 e. The molecule has 0 atom stereocenters. The Morgan fingerprint density at radius 2 is 1.90 bits per heavy atom. The highest BCUT2D eigenvalue weighted by atomic mass is 32.1. The minimum absolute atomic E-state index is 0.293. The average molecular weight is 439 g/mol. The van der Waals surface area contributed by atoms with E-state index in [0.29, 0.717) is 34.6 Å². The molecule has 4 aromatic rings. The highest BCUT2D eigenvalue weighted by Gasteiger charge is 2.18. The molecule has 9 heteroatoms. The summed E-state index contributed by atoms with van der Waals surface area (Å²) in [6.07, 6.45) is 0. The van der Waals surface area contributed by atoms with Crippen LogP contribution in [0.25, 0.3) is 15.3 Å². The highest BCUT2D eigenvalue weighted by molar-refractivity contribution is 7.20. The fourth-order valence-corrected chi connectivity index (χ4v) is 4.12. The van der Waals surface area contributed by atoms with Crippen LogP contribution in [0.1, 0.15) is 23.0 Å². The van der Waals surface area contributed by atoms with Crippen LogP contribution in [0.3, 0.4) is 0 Å². The van der Waals surface area contributed by atoms with Gasteiger partial charge in [0, 0.05) is 11.6 Å². The van der Waals surface area contributed by atoms with E-state index in [2.05, 4.69) is 10.4 Å². The predicted octanol–water partition coefficient (Wildman–Crippen LogP) is 4.46. The molecule has 1 N–H and O–H groups in total. The van der Waals surface area contributed by atoms with Gasteiger partial charge >= 0.3 is 0 Å². The molecule has 0 bridgehead atoms. The summed E-state index contributed by atoms with van der Waals surface area (Å²) in [6.45, 7) is 4.35. The van der Waals surface area contributed by atoms with Crippen LogP contribution in [0.4, 0.5) is 5.82 Å². The molecular weight excluding hydrogens is 416 g/mol. The highest BCUT2D eigenvalue weighted by Crippen LogP contribution is 2.33. The third-order valence-corrected chi connectivity index (χ3v) is 5.57. The summed E-state index contributed by atoms with van der Waals surface area (Å²) in [5.74, 6) is 1.99. The molecule has 4 rings (SSSR count). The molecule has 0 aliphatic heterocycles. The van der Waals surface area contributed by atoms with Gasteiger partial charge < -0.3 is 19.5 Å². The molecule has 0 radical (unpaired) electrons. The number of ether oxygens (including phenoxy) is 3. The zero-order valence-electron chi connectivity index (χ0n) is 17.6. The lowest BCUT2D eigenvalue weighted by atomic mass is 10.2. The zero-order valence-corrected chi connectivity index (χ0v) is 18.4. The number of rotatable bonds is 7. The minimum atomic E-state index is -0.293. The SMILES string of the molecule is CCOc1cccc2sc(-n3nc(C)cc3NC(=O)c3ccc(OC)c(OC)c3)nc12. The first-order valence-electron chi connectivity index (χ1n) is 9.66. The molecular formula is C22H22N4O4S. The van der Waals surface area contributed by atoms with E-state index >= 15 is 0 Å². The van der Waals surface area contributed by atoms with Crippen LogP contribution in [-0.2, 0) is 0 Å². The van der Waals surface area contributed by atoms with Gasteiger partial charge in [0.25, 0.3) is 5.91 Å². The average Bonchev–Trinajstić information content (AvgIpc) is 3.37. The normalized spacial score (nSPS) is 10.8. The van der Waals surface area contributed by atoms with Gasteiger partial charge in [-0.05, 0) is 44.2 Å². The number of carbonyl (C=O) groups is 1. The van der Waals surface area contributed by atoms with Gasteiger partial charge in [0.2, 0.25) is 5.13 Å². The summed E-state index contributed by atoms with van der Waals surface area (Å²) in [6, 6.07) is 12.6. The first kappa shape index (κ1) is 20.7. The standard InChI is InChI=1S/C22H22N4O4S/c1-5-30-16-7-6-8-18-20(16)24-22(31-18)26-19(11-13(2)25-26)23-21(27)14-9-10-15(28-3)17(12-14)29-4/h6-12H,5H2,1-4H3,(H,23,27). The van der Waals surface area contributed by atoms with Crippen molar-refractivity contribution in [2.24, 2.45) is 0 Å². The number of para-hydroxylation sites is 1. The molecule has 31 heavy (non-hydrogen) atoms. The fourth-order valence-electron chi connectivity index (χ4n) is 3.17. The van der Waals surface area contributed by atoms with Crippen LogP contribution in [0.5, 0.6) is 17.2 Å². The summed E-state index contributed by atoms with van der Waals surface area (Å²) in [7, 11) is 3.08. The number of amides is 1. The van der Waals surface area contributed by atoms with Crippen LogP contribution in [0.2, 0.25) is 0 Å². The number of anilines is 1. The fraction of sp³-hybridized carbons (Fsp3) is 0.227. The second-order valence-electron chi connectivity index (χ2n) is 6.64. The predicted molar refractivity (Wildman–Crippen MR) is 120 cm³/mol. The van der Waals surface area contributed by atoms with Gasteiger partial charge in [-0.3, -0.25) is 4.79 Å². The Morgan fingerprint density at radius 3 is 2.65 bits per heavy atom. The van der Waals surface area contributed by atoms with Crippen molar-refractivity contribution in [3.05, 3.63) is 53.7 Å². The van der Waals surface area contributed by atoms with Gasteiger partial charge in [0.05, 0.1) is 31.2 Å². The second kappa shape index (κ2) is 8.65. The van der Waals surface area contributed by atoms with Crippen molar-refractivity contribution in [1.29, 1.82) is 0 Å². The zero-order chi connectivity index (χ0) is 22.0. The number of hydrogen-bond donors (Lipinski definition) is 1. The molecule has 0 aliphatic carbocycles. The van der Waals surface area contributed by atoms with Gasteiger partial charge in [-0.2, -0.15) is 9.78 Å². The van der Waals surface area contributed by atoms with Crippen LogP contribution >= 0.6 is 11.3 Å². The Balaban J connectivity index is 1.67. The Labute approximate surface area is 183 Å². The number of thiazole rings is 1. The summed E-state index contributed by atoms with van der Waals surface area (Å²) in [5, 5.41) is 8.08. The lowest BCUT2D eigenvalue weighted by Gasteiger charge is -2.10. The third-order valence-electron chi connectivity index (χ3n) is 4.57. The van der Waals surface area contributed by atoms with E-state index in [-0.39, 0.29) is 5.91 Å². The maximum Gasteiger partial charge on any atom is 0.256 e. The summed E-state index contributed by atoms with van der Waals surface area (Å²) in [4.78, 5) is 17.6. The van der Waals surface area contributed by atoms with E-state index in [1.54, 1.807) is 36.1 Å². The van der Waals surface area contributed by atoms with Crippen molar-refractivity contribution in [2.45, 2.75) is 13.8 Å². The first-order valence-corrected chi connectivity index (χ1v) is 10.5. The summed E-state index contributed by atoms with van der Waals surface area (Å²) < 4.78 is 18.8. The molecule has 160 valence electrons. The van der Waals surface area contributed by atoms with Crippen LogP contribution in [0, 0.1) is 6.92 Å². The maximum absolute atomic E-state index is 12.9. The quantitative estimate of drug-likeness (QED) is 0.458. The number of methoxy groups -OCH3 is 2. The number of nitrogens with zero attached hydrogens (tertiary/aromatic N) is 3. The van der Waals surface area contributed by atoms with E-state index in [9.17, 15) is 4.79 Å². The summed E-state index contributed by atoms with van der Waals surface area (Å²) in [5.41, 5.74) is 1.97. The van der Waals surface area contributed by atoms with E-state index in [0.717, 1.165) is 21.7 Å². The van der Waals surface area contributed by atoms with Crippen LogP contribution in [0.15, 0.2) is 42.5 Å². The van der Waals surface area contributed by atoms with E-state index in [4.69, 9.17) is 19.2 Å². The number of nitrogens with one attached hydrogen (secondary N) is 1. The maximum atomic E-state index is 12.9. The number of aromatic nitrogens is 3. The van der Waals surface area contributed by atoms with Gasteiger partial charge in [-0.25, -0.2) is 4.98 Å². The molecule has 0 saturated heterocycles. The Kier molecular flexibility index (Phi) is 5.77. The Bertz CT molecular complexity index is 1250. The van der Waals surface area contributed by atoms with Crippen molar-refractivity contribution >= 4 is 33.3 Å². The topological polar surface area (TPSA) is 87.5 Å². The molecule has 0 fully saturated rings. The number of carbonyl (C=O) groups excluding carboxylic acids is 1. The number of hydrogen-bond acceptors (Lipinski definition) is 7. The van der Waals surface area contributed by atoms with Crippen molar-refractivity contribution in [3.63, 3.8) is 0 Å². The van der Waals surface area contributed by atoms with E-state index in [1.165, 1.54) is 18.4 Å². The van der Waals surface area contributed by atoms with Crippen LogP contribution in [-0.4, -0.2) is 41.5 Å². The lowest BCUT2D eigenvalue weighted by Crippen LogP contribution is -2.15. The molecule has 2 heterocycles. The molecule has 2 aromatic carbocycles. The summed E-state index contributed by atoms with van der Waals surface area (Å²) >= 11 is 1.47. The molecule has 0 saturated carbocycles. The molecule has 0 unspecified atom stereocenters. The second-order valence-corrected chi connectivity index (χ2v) is 7.65. The Hall–Kier alpha value is -3.59. The van der Waals surface area contributed by atoms with Crippen molar-refractivity contribution in [2.75, 3.05) is 26.1 Å². The molecule has 2 aromatic heterocycles.